The van der Waals surface area contributed by atoms with Crippen molar-refractivity contribution < 1.29 is 19.0 Å². The lowest BCUT2D eigenvalue weighted by atomic mass is 9.96. The molecule has 1 spiro atoms. The number of rotatable bonds is 4. The Morgan fingerprint density at radius 2 is 2.24 bits per heavy atom. The van der Waals surface area contributed by atoms with Crippen molar-refractivity contribution in [3.8, 4) is 0 Å². The second-order valence-corrected chi connectivity index (χ2v) is 4.60. The third-order valence-corrected chi connectivity index (χ3v) is 3.61. The molecule has 0 aromatic carbocycles. The van der Waals surface area contributed by atoms with Crippen LogP contribution in [0, 0.1) is 5.92 Å². The van der Waals surface area contributed by atoms with E-state index in [4.69, 9.17) is 9.47 Å². The molecule has 1 aliphatic carbocycles. The molecular formula is C13H20O4. The van der Waals surface area contributed by atoms with Gasteiger partial charge in [-0.25, -0.2) is 4.79 Å². The first-order chi connectivity index (χ1) is 8.27. The molecule has 96 valence electrons. The van der Waals surface area contributed by atoms with Gasteiger partial charge in [0.1, 0.15) is 0 Å². The van der Waals surface area contributed by atoms with Gasteiger partial charge in [-0.1, -0.05) is 6.08 Å². The first-order valence-corrected chi connectivity index (χ1v) is 6.29. The maximum absolute atomic E-state index is 10.9. The van der Waals surface area contributed by atoms with Gasteiger partial charge in [-0.2, -0.15) is 0 Å². The Labute approximate surface area is 102 Å². The molecule has 4 nitrogen and oxygen atoms in total. The Balaban J connectivity index is 1.79. The van der Waals surface area contributed by atoms with Crippen LogP contribution in [-0.4, -0.2) is 32.1 Å². The summed E-state index contributed by atoms with van der Waals surface area (Å²) in [6.45, 7) is 1.43. The fraction of sp³-hybridized carbons (Fsp3) is 0.769. The van der Waals surface area contributed by atoms with Gasteiger partial charge in [-0.15, -0.1) is 0 Å². The van der Waals surface area contributed by atoms with E-state index in [0.717, 1.165) is 25.7 Å². The monoisotopic (exact) mass is 240 g/mol. The molecular weight excluding hydrogens is 220 g/mol. The number of carbonyl (C=O) groups is 1. The highest BCUT2D eigenvalue weighted by Gasteiger charge is 2.47. The first kappa shape index (κ1) is 12.6. The van der Waals surface area contributed by atoms with Gasteiger partial charge in [0.05, 0.1) is 20.3 Å². The van der Waals surface area contributed by atoms with Crippen molar-refractivity contribution in [1.82, 2.24) is 0 Å². The van der Waals surface area contributed by atoms with Gasteiger partial charge < -0.3 is 14.2 Å². The number of esters is 1. The summed E-state index contributed by atoms with van der Waals surface area (Å²) in [5.41, 5.74) is 0. The summed E-state index contributed by atoms with van der Waals surface area (Å²) in [6, 6.07) is 0. The molecule has 1 saturated carbocycles. The molecule has 0 bridgehead atoms. The predicted octanol–water partition coefficient (Wildman–Crippen LogP) is 2.04. The van der Waals surface area contributed by atoms with Crippen LogP contribution in [0.2, 0.25) is 0 Å². The summed E-state index contributed by atoms with van der Waals surface area (Å²) in [5, 5.41) is 0. The zero-order valence-electron chi connectivity index (χ0n) is 10.3. The number of allylic oxidation sites excluding steroid dienone is 1. The maximum Gasteiger partial charge on any atom is 0.330 e. The second kappa shape index (κ2) is 5.65. The number of ether oxygens (including phenoxy) is 3. The zero-order chi connectivity index (χ0) is 12.1. The van der Waals surface area contributed by atoms with Gasteiger partial charge in [0.2, 0.25) is 0 Å². The molecule has 2 fully saturated rings. The standard InChI is InChI=1S/C13H20O4/c1-15-12(14)7-3-2-5-11-6-4-8-13(11)16-9-10-17-13/h3,7,11H,2,4-6,8-10H2,1H3/b7-3-. The van der Waals surface area contributed by atoms with E-state index in [-0.39, 0.29) is 11.8 Å². The van der Waals surface area contributed by atoms with E-state index >= 15 is 0 Å². The summed E-state index contributed by atoms with van der Waals surface area (Å²) in [5.74, 6) is -0.133. The van der Waals surface area contributed by atoms with Crippen LogP contribution in [0.4, 0.5) is 0 Å². The van der Waals surface area contributed by atoms with Gasteiger partial charge >= 0.3 is 5.97 Å². The minimum Gasteiger partial charge on any atom is -0.466 e. The molecule has 0 N–H and O–H groups in total. The summed E-state index contributed by atoms with van der Waals surface area (Å²) >= 11 is 0. The Hall–Kier alpha value is -0.870. The lowest BCUT2D eigenvalue weighted by Crippen LogP contribution is -2.34. The summed E-state index contributed by atoms with van der Waals surface area (Å²) in [4.78, 5) is 10.9. The van der Waals surface area contributed by atoms with Crippen molar-refractivity contribution in [3.05, 3.63) is 12.2 Å². The topological polar surface area (TPSA) is 44.8 Å². The SMILES string of the molecule is COC(=O)/C=C\CCC1CCCC12OCCO2. The lowest BCUT2D eigenvalue weighted by molar-refractivity contribution is -0.182. The molecule has 1 atom stereocenters. The largest absolute Gasteiger partial charge is 0.466 e. The second-order valence-electron chi connectivity index (χ2n) is 4.60. The number of methoxy groups -OCH3 is 1. The predicted molar refractivity (Wildman–Crippen MR) is 62.4 cm³/mol. The third kappa shape index (κ3) is 2.87. The average molecular weight is 240 g/mol. The normalized spacial score (nSPS) is 27.0. The Kier molecular flexibility index (Phi) is 4.18. The van der Waals surface area contributed by atoms with Crippen LogP contribution >= 0.6 is 0 Å². The lowest BCUT2D eigenvalue weighted by Gasteiger charge is -2.29. The van der Waals surface area contributed by atoms with Crippen LogP contribution in [-0.2, 0) is 19.0 Å². The highest BCUT2D eigenvalue weighted by Crippen LogP contribution is 2.44. The van der Waals surface area contributed by atoms with Gasteiger partial charge in [-0.05, 0) is 25.7 Å². The molecule has 0 aromatic heterocycles. The molecule has 1 aliphatic heterocycles. The average Bonchev–Trinajstić information content (AvgIpc) is 2.96. The van der Waals surface area contributed by atoms with E-state index in [9.17, 15) is 4.79 Å². The van der Waals surface area contributed by atoms with Crippen LogP contribution < -0.4 is 0 Å². The fourth-order valence-corrected chi connectivity index (χ4v) is 2.78. The zero-order valence-corrected chi connectivity index (χ0v) is 10.3. The summed E-state index contributed by atoms with van der Waals surface area (Å²) < 4.78 is 16.1. The number of hydrogen-bond acceptors (Lipinski definition) is 4. The van der Waals surface area contributed by atoms with Crippen molar-refractivity contribution in [2.45, 2.75) is 37.9 Å². The van der Waals surface area contributed by atoms with Gasteiger partial charge in [-0.3, -0.25) is 0 Å². The molecule has 0 radical (unpaired) electrons. The quantitative estimate of drug-likeness (QED) is 0.557. The molecule has 1 unspecified atom stereocenters. The highest BCUT2D eigenvalue weighted by molar-refractivity contribution is 5.81. The van der Waals surface area contributed by atoms with Gasteiger partial charge in [0.15, 0.2) is 5.79 Å². The Morgan fingerprint density at radius 1 is 1.47 bits per heavy atom. The van der Waals surface area contributed by atoms with Gasteiger partial charge in [0, 0.05) is 18.4 Å². The van der Waals surface area contributed by atoms with Crippen molar-refractivity contribution in [3.63, 3.8) is 0 Å². The van der Waals surface area contributed by atoms with Crippen LogP contribution in [0.15, 0.2) is 12.2 Å². The molecule has 0 aromatic rings. The molecule has 0 amide bonds. The van der Waals surface area contributed by atoms with Crippen LogP contribution in [0.25, 0.3) is 0 Å². The molecule has 4 heteroatoms. The van der Waals surface area contributed by atoms with Crippen LogP contribution in [0.3, 0.4) is 0 Å². The van der Waals surface area contributed by atoms with Crippen molar-refractivity contribution >= 4 is 5.97 Å². The maximum atomic E-state index is 10.9. The molecule has 1 heterocycles. The van der Waals surface area contributed by atoms with Gasteiger partial charge in [0.25, 0.3) is 0 Å². The van der Waals surface area contributed by atoms with E-state index in [1.165, 1.54) is 19.6 Å². The molecule has 1 saturated heterocycles. The number of hydrogen-bond donors (Lipinski definition) is 0. The minimum absolute atomic E-state index is 0.292. The smallest absolute Gasteiger partial charge is 0.330 e. The van der Waals surface area contributed by atoms with E-state index in [2.05, 4.69) is 4.74 Å². The van der Waals surface area contributed by atoms with E-state index in [1.807, 2.05) is 6.08 Å². The van der Waals surface area contributed by atoms with Crippen molar-refractivity contribution in [2.75, 3.05) is 20.3 Å². The summed E-state index contributed by atoms with van der Waals surface area (Å²) in [7, 11) is 1.39. The van der Waals surface area contributed by atoms with Crippen molar-refractivity contribution in [1.29, 1.82) is 0 Å². The van der Waals surface area contributed by atoms with E-state index in [1.54, 1.807) is 0 Å². The minimum atomic E-state index is -0.306. The third-order valence-electron chi connectivity index (χ3n) is 3.61. The van der Waals surface area contributed by atoms with Crippen molar-refractivity contribution in [2.24, 2.45) is 5.92 Å². The summed E-state index contributed by atoms with van der Waals surface area (Å²) in [6.07, 6.45) is 8.57. The van der Waals surface area contributed by atoms with E-state index < -0.39 is 0 Å². The highest BCUT2D eigenvalue weighted by atomic mass is 16.7. The molecule has 17 heavy (non-hydrogen) atoms. The Morgan fingerprint density at radius 3 is 2.94 bits per heavy atom. The Bertz CT molecular complexity index is 286. The van der Waals surface area contributed by atoms with E-state index in [0.29, 0.717) is 19.1 Å². The molecule has 2 aliphatic rings. The van der Waals surface area contributed by atoms with Crippen LogP contribution in [0.1, 0.15) is 32.1 Å². The first-order valence-electron chi connectivity index (χ1n) is 6.29. The number of carbonyl (C=O) groups excluding carboxylic acids is 1. The van der Waals surface area contributed by atoms with Crippen LogP contribution in [0.5, 0.6) is 0 Å². The molecule has 2 rings (SSSR count). The fourth-order valence-electron chi connectivity index (χ4n) is 2.78.